The van der Waals surface area contributed by atoms with Crippen molar-refractivity contribution in [1.82, 2.24) is 5.32 Å². The summed E-state index contributed by atoms with van der Waals surface area (Å²) in [6, 6.07) is 8.50. The molecule has 1 aromatic rings. The van der Waals surface area contributed by atoms with Crippen molar-refractivity contribution in [3.05, 3.63) is 35.4 Å². The van der Waals surface area contributed by atoms with Gasteiger partial charge >= 0.3 is 0 Å². The Hall–Kier alpha value is -1.06. The van der Waals surface area contributed by atoms with Gasteiger partial charge in [0.25, 0.3) is 0 Å². The number of amides is 1. The molecule has 4 heteroatoms. The van der Waals surface area contributed by atoms with Crippen molar-refractivity contribution in [2.45, 2.75) is 51.5 Å². The van der Waals surface area contributed by atoms with E-state index in [0.717, 1.165) is 25.7 Å². The normalized spacial score (nSPS) is 21.3. The van der Waals surface area contributed by atoms with Crippen LogP contribution in [0.2, 0.25) is 0 Å². The van der Waals surface area contributed by atoms with E-state index in [1.54, 1.807) is 0 Å². The standard InChI is InChI=1S/C17H26N2O.ClH/c1-3-4-8-13(11-18)19-17(20)16-10-15(16)14-9-6-5-7-12(14)2;/h5-7,9,13,15-16H,3-4,8,10-11,18H2,1-2H3,(H,19,20);1H. The predicted octanol–water partition coefficient (Wildman–Crippen LogP) is 3.15. The van der Waals surface area contributed by atoms with E-state index in [1.807, 2.05) is 6.07 Å². The summed E-state index contributed by atoms with van der Waals surface area (Å²) in [5.41, 5.74) is 8.35. The Balaban J connectivity index is 0.00000220. The Morgan fingerprint density at radius 1 is 1.43 bits per heavy atom. The lowest BCUT2D eigenvalue weighted by atomic mass is 10.0. The molecule has 1 amide bonds. The summed E-state index contributed by atoms with van der Waals surface area (Å²) >= 11 is 0. The molecule has 21 heavy (non-hydrogen) atoms. The van der Waals surface area contributed by atoms with Gasteiger partial charge in [-0.2, -0.15) is 0 Å². The number of hydrogen-bond acceptors (Lipinski definition) is 2. The largest absolute Gasteiger partial charge is 0.352 e. The summed E-state index contributed by atoms with van der Waals surface area (Å²) in [6.07, 6.45) is 4.22. The smallest absolute Gasteiger partial charge is 0.224 e. The lowest BCUT2D eigenvalue weighted by Gasteiger charge is -2.16. The average Bonchev–Trinajstić information content (AvgIpc) is 3.24. The van der Waals surface area contributed by atoms with Crippen molar-refractivity contribution in [3.8, 4) is 0 Å². The van der Waals surface area contributed by atoms with Gasteiger partial charge in [-0.25, -0.2) is 0 Å². The zero-order valence-electron chi connectivity index (χ0n) is 13.0. The van der Waals surface area contributed by atoms with Crippen LogP contribution in [0.25, 0.3) is 0 Å². The number of carbonyl (C=O) groups is 1. The molecule has 1 aliphatic carbocycles. The third-order valence-corrected chi connectivity index (χ3v) is 4.25. The van der Waals surface area contributed by atoms with E-state index in [2.05, 4.69) is 37.4 Å². The second-order valence-corrected chi connectivity index (χ2v) is 5.89. The van der Waals surface area contributed by atoms with Crippen LogP contribution in [0.4, 0.5) is 0 Å². The summed E-state index contributed by atoms with van der Waals surface area (Å²) in [4.78, 5) is 12.3. The number of benzene rings is 1. The third-order valence-electron chi connectivity index (χ3n) is 4.25. The molecule has 0 radical (unpaired) electrons. The SMILES string of the molecule is CCCCC(CN)NC(=O)C1CC1c1ccccc1C.Cl. The van der Waals surface area contributed by atoms with Gasteiger partial charge in [-0.1, -0.05) is 44.0 Å². The molecular weight excluding hydrogens is 284 g/mol. The minimum absolute atomic E-state index is 0. The second kappa shape index (κ2) is 8.40. The number of halogens is 1. The maximum atomic E-state index is 12.3. The molecule has 1 saturated carbocycles. The molecule has 118 valence electrons. The molecule has 2 rings (SSSR count). The van der Waals surface area contributed by atoms with Gasteiger partial charge in [0.2, 0.25) is 5.91 Å². The molecule has 3 unspecified atom stereocenters. The zero-order chi connectivity index (χ0) is 14.5. The lowest BCUT2D eigenvalue weighted by molar-refractivity contribution is -0.123. The van der Waals surface area contributed by atoms with Crippen LogP contribution in [0.3, 0.4) is 0 Å². The number of nitrogens with two attached hydrogens (primary N) is 1. The zero-order valence-corrected chi connectivity index (χ0v) is 13.8. The average molecular weight is 311 g/mol. The van der Waals surface area contributed by atoms with Gasteiger partial charge in [-0.15, -0.1) is 12.4 Å². The Labute approximate surface area is 134 Å². The summed E-state index contributed by atoms with van der Waals surface area (Å²) in [6.45, 7) is 4.81. The van der Waals surface area contributed by atoms with Crippen LogP contribution < -0.4 is 11.1 Å². The van der Waals surface area contributed by atoms with Gasteiger partial charge in [0.1, 0.15) is 0 Å². The first kappa shape index (κ1) is 18.0. The van der Waals surface area contributed by atoms with E-state index < -0.39 is 0 Å². The first-order valence-corrected chi connectivity index (χ1v) is 7.73. The molecular formula is C17H27ClN2O. The van der Waals surface area contributed by atoms with Crippen LogP contribution in [-0.2, 0) is 4.79 Å². The van der Waals surface area contributed by atoms with Crippen molar-refractivity contribution >= 4 is 18.3 Å². The summed E-state index contributed by atoms with van der Waals surface area (Å²) < 4.78 is 0. The number of aryl methyl sites for hydroxylation is 1. The minimum Gasteiger partial charge on any atom is -0.352 e. The highest BCUT2D eigenvalue weighted by molar-refractivity contribution is 5.85. The van der Waals surface area contributed by atoms with Crippen LogP contribution in [0.5, 0.6) is 0 Å². The van der Waals surface area contributed by atoms with E-state index in [1.165, 1.54) is 11.1 Å². The van der Waals surface area contributed by atoms with Crippen molar-refractivity contribution in [3.63, 3.8) is 0 Å². The highest BCUT2D eigenvalue weighted by Crippen LogP contribution is 2.48. The molecule has 0 bridgehead atoms. The predicted molar refractivity (Wildman–Crippen MR) is 89.8 cm³/mol. The number of hydrogen-bond donors (Lipinski definition) is 2. The molecule has 1 fully saturated rings. The monoisotopic (exact) mass is 310 g/mol. The fraction of sp³-hybridized carbons (Fsp3) is 0.588. The molecule has 0 aliphatic heterocycles. The molecule has 3 atom stereocenters. The van der Waals surface area contributed by atoms with Crippen LogP contribution >= 0.6 is 12.4 Å². The topological polar surface area (TPSA) is 55.1 Å². The maximum Gasteiger partial charge on any atom is 0.224 e. The van der Waals surface area contributed by atoms with Crippen molar-refractivity contribution < 1.29 is 4.79 Å². The second-order valence-electron chi connectivity index (χ2n) is 5.89. The maximum absolute atomic E-state index is 12.3. The van der Waals surface area contributed by atoms with Crippen LogP contribution in [0.1, 0.15) is 49.7 Å². The van der Waals surface area contributed by atoms with Crippen LogP contribution in [0.15, 0.2) is 24.3 Å². The molecule has 0 aromatic heterocycles. The lowest BCUT2D eigenvalue weighted by Crippen LogP contribution is -2.41. The van der Waals surface area contributed by atoms with Gasteiger partial charge in [0.05, 0.1) is 0 Å². The van der Waals surface area contributed by atoms with Crippen molar-refractivity contribution in [2.75, 3.05) is 6.54 Å². The fourth-order valence-electron chi connectivity index (χ4n) is 2.84. The van der Waals surface area contributed by atoms with E-state index in [-0.39, 0.29) is 30.3 Å². The number of nitrogens with one attached hydrogen (secondary N) is 1. The highest BCUT2D eigenvalue weighted by atomic mass is 35.5. The van der Waals surface area contributed by atoms with Gasteiger partial charge < -0.3 is 11.1 Å². The van der Waals surface area contributed by atoms with E-state index in [4.69, 9.17) is 5.73 Å². The summed E-state index contributed by atoms with van der Waals surface area (Å²) in [5.74, 6) is 0.734. The van der Waals surface area contributed by atoms with Crippen molar-refractivity contribution in [2.24, 2.45) is 11.7 Å². The Morgan fingerprint density at radius 2 is 2.14 bits per heavy atom. The van der Waals surface area contributed by atoms with E-state index in [0.29, 0.717) is 12.5 Å². The minimum atomic E-state index is 0. The van der Waals surface area contributed by atoms with Gasteiger partial charge in [0, 0.05) is 18.5 Å². The Kier molecular flexibility index (Phi) is 7.20. The molecule has 3 nitrogen and oxygen atoms in total. The summed E-state index contributed by atoms with van der Waals surface area (Å²) in [7, 11) is 0. The Morgan fingerprint density at radius 3 is 2.76 bits per heavy atom. The molecule has 0 heterocycles. The fourth-order valence-corrected chi connectivity index (χ4v) is 2.84. The number of unbranched alkanes of at least 4 members (excludes halogenated alkanes) is 1. The van der Waals surface area contributed by atoms with Gasteiger partial charge in [0.15, 0.2) is 0 Å². The van der Waals surface area contributed by atoms with E-state index >= 15 is 0 Å². The number of carbonyl (C=O) groups excluding carboxylic acids is 1. The first-order chi connectivity index (χ1) is 9.67. The van der Waals surface area contributed by atoms with Crippen molar-refractivity contribution in [1.29, 1.82) is 0 Å². The molecule has 0 saturated heterocycles. The van der Waals surface area contributed by atoms with Crippen LogP contribution in [-0.4, -0.2) is 18.5 Å². The number of rotatable bonds is 7. The molecule has 3 N–H and O–H groups in total. The summed E-state index contributed by atoms with van der Waals surface area (Å²) in [5, 5.41) is 3.12. The van der Waals surface area contributed by atoms with E-state index in [9.17, 15) is 4.79 Å². The molecule has 1 aliphatic rings. The molecule has 1 aromatic carbocycles. The third kappa shape index (κ3) is 4.72. The van der Waals surface area contributed by atoms with Gasteiger partial charge in [-0.3, -0.25) is 4.79 Å². The van der Waals surface area contributed by atoms with Gasteiger partial charge in [-0.05, 0) is 36.8 Å². The Bertz CT molecular complexity index is 464. The molecule has 0 spiro atoms. The first-order valence-electron chi connectivity index (χ1n) is 7.73. The van der Waals surface area contributed by atoms with Crippen LogP contribution in [0, 0.1) is 12.8 Å². The quantitative estimate of drug-likeness (QED) is 0.813. The highest BCUT2D eigenvalue weighted by Gasteiger charge is 2.44.